The van der Waals surface area contributed by atoms with Gasteiger partial charge in [-0.1, -0.05) is 60.7 Å². The van der Waals surface area contributed by atoms with Crippen LogP contribution in [0.15, 0.2) is 60.7 Å². The van der Waals surface area contributed by atoms with E-state index in [1.54, 1.807) is 0 Å². The molecule has 0 spiro atoms. The van der Waals surface area contributed by atoms with Crippen LogP contribution in [0.2, 0.25) is 0 Å². The zero-order valence-corrected chi connectivity index (χ0v) is 15.4. The van der Waals surface area contributed by atoms with E-state index in [-0.39, 0.29) is 12.6 Å². The number of rotatable bonds is 9. The topological polar surface area (TPSA) is 61.8 Å². The molecule has 0 saturated heterocycles. The van der Waals surface area contributed by atoms with Crippen LogP contribution in [0.3, 0.4) is 0 Å². The third-order valence-electron chi connectivity index (χ3n) is 3.81. The van der Waals surface area contributed by atoms with Crippen LogP contribution < -0.4 is 0 Å². The molecule has 0 aromatic heterocycles. The summed E-state index contributed by atoms with van der Waals surface area (Å²) in [6.45, 7) is 0. The van der Waals surface area contributed by atoms with Gasteiger partial charge >= 0.3 is 13.6 Å². The molecule has 0 saturated carbocycles. The van der Waals surface area contributed by atoms with Crippen LogP contribution in [0.25, 0.3) is 0 Å². The summed E-state index contributed by atoms with van der Waals surface area (Å²) < 4.78 is 28.5. The molecule has 2 aromatic rings. The molecule has 2 rings (SSSR count). The Labute approximate surface area is 148 Å². The molecule has 0 heterocycles. The Morgan fingerprint density at radius 1 is 0.960 bits per heavy atom. The Kier molecular flexibility index (Phi) is 7.38. The minimum Gasteiger partial charge on any atom is -0.467 e. The molecule has 0 aliphatic rings. The Bertz CT molecular complexity index is 702. The first kappa shape index (κ1) is 19.4. The largest absolute Gasteiger partial charge is 0.467 e. The van der Waals surface area contributed by atoms with Crippen molar-refractivity contribution in [3.63, 3.8) is 0 Å². The van der Waals surface area contributed by atoms with Gasteiger partial charge in [0.05, 0.1) is 13.3 Å². The monoisotopic (exact) mass is 362 g/mol. The number of hydrogen-bond acceptors (Lipinski definition) is 5. The Morgan fingerprint density at radius 2 is 1.52 bits per heavy atom. The van der Waals surface area contributed by atoms with Gasteiger partial charge in [0, 0.05) is 13.5 Å². The van der Waals surface area contributed by atoms with E-state index in [9.17, 15) is 9.36 Å². The van der Waals surface area contributed by atoms with E-state index in [2.05, 4.69) is 0 Å². The van der Waals surface area contributed by atoms with E-state index in [1.165, 1.54) is 14.2 Å². The number of benzene rings is 2. The lowest BCUT2D eigenvalue weighted by atomic mass is 10.1. The molecule has 0 aliphatic carbocycles. The van der Waals surface area contributed by atoms with Crippen molar-refractivity contribution in [2.75, 3.05) is 20.4 Å². The lowest BCUT2D eigenvalue weighted by Crippen LogP contribution is -2.28. The molecule has 0 fully saturated rings. The van der Waals surface area contributed by atoms with Gasteiger partial charge in [0.25, 0.3) is 0 Å². The van der Waals surface area contributed by atoms with Crippen LogP contribution in [0.1, 0.15) is 11.1 Å². The van der Waals surface area contributed by atoms with E-state index >= 15 is 0 Å². The van der Waals surface area contributed by atoms with E-state index in [1.807, 2.05) is 60.7 Å². The summed E-state index contributed by atoms with van der Waals surface area (Å²) in [5, 5.41) is 0. The number of aryl methyl sites for hydroxylation is 1. The quantitative estimate of drug-likeness (QED) is 0.501. The maximum atomic E-state index is 12.9. The number of ether oxygens (including phenoxy) is 1. The highest BCUT2D eigenvalue weighted by molar-refractivity contribution is 7.53. The molecule has 0 aliphatic heterocycles. The number of carbonyl (C=O) groups excluding carboxylic acids is 1. The van der Waals surface area contributed by atoms with Crippen molar-refractivity contribution in [2.24, 2.45) is 0 Å². The lowest BCUT2D eigenvalue weighted by Gasteiger charge is -2.22. The lowest BCUT2D eigenvalue weighted by molar-refractivity contribution is -0.149. The van der Waals surface area contributed by atoms with Gasteiger partial charge in [0.15, 0.2) is 6.10 Å². The maximum absolute atomic E-state index is 12.9. The van der Waals surface area contributed by atoms with Gasteiger partial charge in [0.2, 0.25) is 0 Å². The van der Waals surface area contributed by atoms with Crippen molar-refractivity contribution in [1.82, 2.24) is 0 Å². The standard InChI is InChI=1S/C19H23O5P/c1-22-19(20)18(15-17-11-7-4-8-12-17)24-25(21,23-2)14-13-16-9-5-3-6-10-16/h3-12,18H,13-15H2,1-2H3/t18-,25?/m0/s1. The Balaban J connectivity index is 2.07. The highest BCUT2D eigenvalue weighted by atomic mass is 31.2. The summed E-state index contributed by atoms with van der Waals surface area (Å²) in [6.07, 6.45) is 0.0154. The molecule has 1 unspecified atom stereocenters. The number of carbonyl (C=O) groups is 1. The summed E-state index contributed by atoms with van der Waals surface area (Å²) in [5.41, 5.74) is 1.92. The smallest absolute Gasteiger partial charge is 0.335 e. The average molecular weight is 362 g/mol. The number of methoxy groups -OCH3 is 1. The third kappa shape index (κ3) is 6.13. The fourth-order valence-corrected chi connectivity index (χ4v) is 3.87. The van der Waals surface area contributed by atoms with Crippen LogP contribution in [0.5, 0.6) is 0 Å². The molecule has 0 amide bonds. The fraction of sp³-hybridized carbons (Fsp3) is 0.316. The first-order chi connectivity index (χ1) is 12.1. The highest BCUT2D eigenvalue weighted by Crippen LogP contribution is 2.49. The van der Waals surface area contributed by atoms with Crippen LogP contribution in [0.4, 0.5) is 0 Å². The van der Waals surface area contributed by atoms with Gasteiger partial charge in [-0.05, 0) is 17.5 Å². The zero-order chi connectivity index (χ0) is 18.1. The van der Waals surface area contributed by atoms with Gasteiger partial charge < -0.3 is 9.26 Å². The van der Waals surface area contributed by atoms with Crippen molar-refractivity contribution in [3.05, 3.63) is 71.8 Å². The number of hydrogen-bond donors (Lipinski definition) is 0. The minimum atomic E-state index is -3.43. The van der Waals surface area contributed by atoms with Crippen molar-refractivity contribution < 1.29 is 23.1 Å². The SMILES string of the molecule is COC(=O)[C@H](Cc1ccccc1)OP(=O)(CCc1ccccc1)OC. The van der Waals surface area contributed by atoms with E-state index in [4.69, 9.17) is 13.8 Å². The molecular weight excluding hydrogens is 339 g/mol. The molecule has 0 bridgehead atoms. The molecule has 5 nitrogen and oxygen atoms in total. The second kappa shape index (κ2) is 9.52. The molecule has 2 aromatic carbocycles. The van der Waals surface area contributed by atoms with E-state index in [0.29, 0.717) is 6.42 Å². The van der Waals surface area contributed by atoms with Crippen LogP contribution in [0, 0.1) is 0 Å². The van der Waals surface area contributed by atoms with Crippen LogP contribution in [-0.2, 0) is 36.0 Å². The van der Waals surface area contributed by atoms with Gasteiger partial charge in [-0.2, -0.15) is 0 Å². The second-order valence-corrected chi connectivity index (χ2v) is 7.80. The number of esters is 1. The summed E-state index contributed by atoms with van der Waals surface area (Å²) in [5.74, 6) is -0.569. The van der Waals surface area contributed by atoms with Crippen molar-refractivity contribution >= 4 is 13.6 Å². The van der Waals surface area contributed by atoms with Crippen molar-refractivity contribution in [2.45, 2.75) is 18.9 Å². The molecular formula is C19H23O5P. The first-order valence-corrected chi connectivity index (χ1v) is 9.78. The molecule has 6 heteroatoms. The molecule has 134 valence electrons. The minimum absolute atomic E-state index is 0.190. The first-order valence-electron chi connectivity index (χ1n) is 8.05. The van der Waals surface area contributed by atoms with Crippen molar-refractivity contribution in [3.8, 4) is 0 Å². The van der Waals surface area contributed by atoms with Gasteiger partial charge in [-0.3, -0.25) is 9.09 Å². The summed E-state index contributed by atoms with van der Waals surface area (Å²) in [7, 11) is -0.808. The molecule has 2 atom stereocenters. The van der Waals surface area contributed by atoms with Crippen molar-refractivity contribution in [1.29, 1.82) is 0 Å². The Hall–Kier alpha value is -1.94. The summed E-state index contributed by atoms with van der Waals surface area (Å²) in [6, 6.07) is 19.0. The van der Waals surface area contributed by atoms with E-state index < -0.39 is 19.7 Å². The zero-order valence-electron chi connectivity index (χ0n) is 14.5. The molecule has 0 N–H and O–H groups in total. The second-order valence-electron chi connectivity index (χ2n) is 5.56. The fourth-order valence-electron chi connectivity index (χ4n) is 2.41. The summed E-state index contributed by atoms with van der Waals surface area (Å²) >= 11 is 0. The third-order valence-corrected chi connectivity index (χ3v) is 5.71. The van der Waals surface area contributed by atoms with E-state index in [0.717, 1.165) is 11.1 Å². The van der Waals surface area contributed by atoms with Gasteiger partial charge in [-0.15, -0.1) is 0 Å². The van der Waals surface area contributed by atoms with Crippen LogP contribution >= 0.6 is 7.60 Å². The summed E-state index contributed by atoms with van der Waals surface area (Å²) in [4.78, 5) is 12.1. The highest BCUT2D eigenvalue weighted by Gasteiger charge is 2.32. The Morgan fingerprint density at radius 3 is 2.04 bits per heavy atom. The average Bonchev–Trinajstić information content (AvgIpc) is 2.67. The predicted octanol–water partition coefficient (Wildman–Crippen LogP) is 3.87. The van der Waals surface area contributed by atoms with Crippen LogP contribution in [-0.4, -0.2) is 32.5 Å². The maximum Gasteiger partial charge on any atom is 0.335 e. The predicted molar refractivity (Wildman–Crippen MR) is 96.7 cm³/mol. The normalized spacial score (nSPS) is 14.5. The molecule has 0 radical (unpaired) electrons. The molecule has 25 heavy (non-hydrogen) atoms. The van der Waals surface area contributed by atoms with Gasteiger partial charge in [0.1, 0.15) is 0 Å². The van der Waals surface area contributed by atoms with Gasteiger partial charge in [-0.25, -0.2) is 4.79 Å².